The first-order valence-electron chi connectivity index (χ1n) is 6.94. The Labute approximate surface area is 128 Å². The lowest BCUT2D eigenvalue weighted by Gasteiger charge is -2.21. The van der Waals surface area contributed by atoms with Crippen LogP contribution in [0, 0.1) is 6.92 Å². The van der Waals surface area contributed by atoms with Crippen LogP contribution in [0.1, 0.15) is 24.2 Å². The Kier molecular flexibility index (Phi) is 4.01. The Balaban J connectivity index is 1.70. The van der Waals surface area contributed by atoms with E-state index in [0.29, 0.717) is 30.7 Å². The molecule has 1 aromatic heterocycles. The summed E-state index contributed by atoms with van der Waals surface area (Å²) in [5, 5.41) is 4.07. The number of aromatic nitrogens is 2. The molecular weight excluding hydrogens is 286 g/mol. The summed E-state index contributed by atoms with van der Waals surface area (Å²) in [5.74, 6) is 1.95. The Morgan fingerprint density at radius 1 is 1.43 bits per heavy atom. The molecule has 21 heavy (non-hydrogen) atoms. The van der Waals surface area contributed by atoms with Crippen molar-refractivity contribution in [1.29, 1.82) is 0 Å². The minimum Gasteiger partial charge on any atom is -0.379 e. The Bertz CT molecular complexity index is 631. The van der Waals surface area contributed by atoms with E-state index in [2.05, 4.69) is 29.2 Å². The Morgan fingerprint density at radius 2 is 2.24 bits per heavy atom. The van der Waals surface area contributed by atoms with Gasteiger partial charge in [-0.05, 0) is 25.5 Å². The molecule has 0 bridgehead atoms. The van der Waals surface area contributed by atoms with Crippen LogP contribution in [0.25, 0.3) is 0 Å². The fraction of sp³-hybridized carbons (Fsp3) is 0.467. The molecule has 2 unspecified atom stereocenters. The smallest absolute Gasteiger partial charge is 0.236 e. The van der Waals surface area contributed by atoms with Crippen LogP contribution in [0.5, 0.6) is 0 Å². The van der Waals surface area contributed by atoms with Gasteiger partial charge in [0.25, 0.3) is 0 Å². The largest absolute Gasteiger partial charge is 0.379 e. The fourth-order valence-corrected chi connectivity index (χ4v) is 3.19. The maximum Gasteiger partial charge on any atom is 0.236 e. The molecule has 2 atom stereocenters. The number of nitrogens with zero attached hydrogens (tertiary/aromatic N) is 2. The molecule has 3 rings (SSSR count). The van der Waals surface area contributed by atoms with Gasteiger partial charge in [0.2, 0.25) is 5.89 Å². The van der Waals surface area contributed by atoms with Crippen molar-refractivity contribution < 1.29 is 9.26 Å². The van der Waals surface area contributed by atoms with Crippen LogP contribution in [-0.4, -0.2) is 29.4 Å². The van der Waals surface area contributed by atoms with Gasteiger partial charge < -0.3 is 15.0 Å². The highest BCUT2D eigenvalue weighted by Crippen LogP contribution is 2.31. The van der Waals surface area contributed by atoms with Gasteiger partial charge in [-0.15, -0.1) is 11.8 Å². The number of nitrogens with two attached hydrogens (primary N) is 1. The van der Waals surface area contributed by atoms with Crippen LogP contribution >= 0.6 is 11.8 Å². The zero-order valence-electron chi connectivity index (χ0n) is 12.2. The van der Waals surface area contributed by atoms with Gasteiger partial charge in [-0.1, -0.05) is 23.4 Å². The van der Waals surface area contributed by atoms with Gasteiger partial charge in [-0.3, -0.25) is 0 Å². The number of benzene rings is 1. The van der Waals surface area contributed by atoms with E-state index in [0.717, 1.165) is 0 Å². The third-order valence-corrected chi connectivity index (χ3v) is 5.10. The zero-order valence-corrected chi connectivity index (χ0v) is 13.0. The quantitative estimate of drug-likeness (QED) is 0.874. The van der Waals surface area contributed by atoms with Crippen LogP contribution in [0.3, 0.4) is 0 Å². The van der Waals surface area contributed by atoms with Crippen molar-refractivity contribution in [2.45, 2.75) is 36.0 Å². The maximum absolute atomic E-state index is 6.08. The summed E-state index contributed by atoms with van der Waals surface area (Å²) in [6.45, 7) is 5.17. The van der Waals surface area contributed by atoms with E-state index in [4.69, 9.17) is 15.0 Å². The number of ether oxygens (including phenoxy) is 1. The highest BCUT2D eigenvalue weighted by molar-refractivity contribution is 7.98. The second-order valence-electron chi connectivity index (χ2n) is 5.61. The van der Waals surface area contributed by atoms with E-state index in [-0.39, 0.29) is 11.5 Å². The SMILES string of the molecule is Cc1ccccc1SCc1noc(C2(C)COCC2N)n1. The number of hydrogen-bond donors (Lipinski definition) is 1. The molecule has 6 heteroatoms. The molecule has 2 aromatic rings. The van der Waals surface area contributed by atoms with Crippen LogP contribution < -0.4 is 5.73 Å². The molecule has 0 saturated carbocycles. The molecule has 1 saturated heterocycles. The first-order valence-corrected chi connectivity index (χ1v) is 7.93. The predicted octanol–water partition coefficient (Wildman–Crippen LogP) is 2.29. The molecule has 5 nitrogen and oxygen atoms in total. The van der Waals surface area contributed by atoms with E-state index < -0.39 is 0 Å². The molecule has 0 aliphatic carbocycles. The summed E-state index contributed by atoms with van der Waals surface area (Å²) >= 11 is 1.71. The number of aryl methyl sites for hydroxylation is 1. The van der Waals surface area contributed by atoms with E-state index in [1.165, 1.54) is 10.5 Å². The van der Waals surface area contributed by atoms with Gasteiger partial charge in [0, 0.05) is 10.9 Å². The first kappa shape index (κ1) is 14.6. The lowest BCUT2D eigenvalue weighted by Crippen LogP contribution is -2.42. The summed E-state index contributed by atoms with van der Waals surface area (Å²) in [6.07, 6.45) is 0. The summed E-state index contributed by atoms with van der Waals surface area (Å²) in [7, 11) is 0. The molecule has 0 amide bonds. The van der Waals surface area contributed by atoms with Crippen molar-refractivity contribution in [3.8, 4) is 0 Å². The van der Waals surface area contributed by atoms with E-state index in [1.54, 1.807) is 11.8 Å². The minimum absolute atomic E-state index is 0.102. The van der Waals surface area contributed by atoms with Gasteiger partial charge in [0.05, 0.1) is 24.4 Å². The molecule has 2 N–H and O–H groups in total. The fourth-order valence-electron chi connectivity index (χ4n) is 2.31. The number of thioether (sulfide) groups is 1. The predicted molar refractivity (Wildman–Crippen MR) is 81.2 cm³/mol. The molecule has 0 radical (unpaired) electrons. The molecular formula is C15H19N3O2S. The molecule has 2 heterocycles. The van der Waals surface area contributed by atoms with Crippen LogP contribution in [0.15, 0.2) is 33.7 Å². The van der Waals surface area contributed by atoms with Crippen molar-refractivity contribution in [2.24, 2.45) is 5.73 Å². The minimum atomic E-state index is -0.376. The summed E-state index contributed by atoms with van der Waals surface area (Å²) in [5.41, 5.74) is 6.96. The molecule has 1 aromatic carbocycles. The van der Waals surface area contributed by atoms with Crippen LogP contribution in [0.4, 0.5) is 0 Å². The third kappa shape index (κ3) is 2.84. The summed E-state index contributed by atoms with van der Waals surface area (Å²) in [4.78, 5) is 5.73. The lowest BCUT2D eigenvalue weighted by atomic mass is 9.86. The number of rotatable bonds is 4. The van der Waals surface area contributed by atoms with Crippen molar-refractivity contribution in [2.75, 3.05) is 13.2 Å². The topological polar surface area (TPSA) is 74.2 Å². The van der Waals surface area contributed by atoms with Crippen molar-refractivity contribution in [3.05, 3.63) is 41.5 Å². The maximum atomic E-state index is 6.08. The van der Waals surface area contributed by atoms with Gasteiger partial charge in [0.15, 0.2) is 5.82 Å². The summed E-state index contributed by atoms with van der Waals surface area (Å²) < 4.78 is 10.8. The third-order valence-electron chi connectivity index (χ3n) is 3.92. The average Bonchev–Trinajstić information content (AvgIpc) is 3.07. The van der Waals surface area contributed by atoms with E-state index in [1.807, 2.05) is 19.1 Å². The second-order valence-corrected chi connectivity index (χ2v) is 6.63. The van der Waals surface area contributed by atoms with E-state index >= 15 is 0 Å². The first-order chi connectivity index (χ1) is 10.1. The van der Waals surface area contributed by atoms with Crippen molar-refractivity contribution in [1.82, 2.24) is 10.1 Å². The molecule has 112 valence electrons. The normalized spacial score (nSPS) is 25.4. The van der Waals surface area contributed by atoms with Crippen LogP contribution in [-0.2, 0) is 15.9 Å². The van der Waals surface area contributed by atoms with Gasteiger partial charge in [0.1, 0.15) is 0 Å². The van der Waals surface area contributed by atoms with Gasteiger partial charge in [-0.2, -0.15) is 4.98 Å². The highest BCUT2D eigenvalue weighted by atomic mass is 32.2. The van der Waals surface area contributed by atoms with Crippen LogP contribution in [0.2, 0.25) is 0 Å². The highest BCUT2D eigenvalue weighted by Gasteiger charge is 2.44. The summed E-state index contributed by atoms with van der Waals surface area (Å²) in [6, 6.07) is 8.17. The van der Waals surface area contributed by atoms with Crippen molar-refractivity contribution in [3.63, 3.8) is 0 Å². The lowest BCUT2D eigenvalue weighted by molar-refractivity contribution is 0.169. The number of hydrogen-bond acceptors (Lipinski definition) is 6. The standard InChI is InChI=1S/C15H19N3O2S/c1-10-5-3-4-6-11(10)21-8-13-17-14(20-18-13)15(2)9-19-7-12(15)16/h3-6,12H,7-9,16H2,1-2H3. The monoisotopic (exact) mass is 305 g/mol. The van der Waals surface area contributed by atoms with Crippen molar-refractivity contribution >= 4 is 11.8 Å². The average molecular weight is 305 g/mol. The second kappa shape index (κ2) is 5.79. The van der Waals surface area contributed by atoms with E-state index in [9.17, 15) is 0 Å². The van der Waals surface area contributed by atoms with Gasteiger partial charge >= 0.3 is 0 Å². The zero-order chi connectivity index (χ0) is 14.9. The Hall–Kier alpha value is -1.37. The Morgan fingerprint density at radius 3 is 2.95 bits per heavy atom. The molecule has 0 spiro atoms. The molecule has 1 aliphatic heterocycles. The molecule has 1 fully saturated rings. The van der Waals surface area contributed by atoms with Gasteiger partial charge in [-0.25, -0.2) is 0 Å². The molecule has 1 aliphatic rings.